The van der Waals surface area contributed by atoms with E-state index < -0.39 is 0 Å². The Kier molecular flexibility index (Phi) is 15.3. The molecule has 0 rings (SSSR count). The molecule has 0 saturated heterocycles. The van der Waals surface area contributed by atoms with Gasteiger partial charge in [-0.3, -0.25) is 0 Å². The Balaban J connectivity index is 2.87. The number of ether oxygens (including phenoxy) is 1. The summed E-state index contributed by atoms with van der Waals surface area (Å²) in [6.07, 6.45) is 15.7. The monoisotopic (exact) mass is 242 g/mol. The number of hydrogen-bond donors (Lipinski definition) is 0. The van der Waals surface area contributed by atoms with Gasteiger partial charge in [0.05, 0.1) is 0 Å². The van der Waals surface area contributed by atoms with Crippen molar-refractivity contribution < 1.29 is 9.53 Å². The summed E-state index contributed by atoms with van der Waals surface area (Å²) in [5.41, 5.74) is 0. The maximum absolute atomic E-state index is 9.98. The van der Waals surface area contributed by atoms with Crippen LogP contribution in [-0.4, -0.2) is 19.5 Å². The van der Waals surface area contributed by atoms with Crippen molar-refractivity contribution >= 4 is 6.29 Å². The van der Waals surface area contributed by atoms with E-state index in [0.717, 1.165) is 19.3 Å². The molecule has 0 unspecified atom stereocenters. The maximum Gasteiger partial charge on any atom is 0.145 e. The van der Waals surface area contributed by atoms with E-state index in [2.05, 4.69) is 6.92 Å². The van der Waals surface area contributed by atoms with Gasteiger partial charge in [0.25, 0.3) is 0 Å². The number of unbranched alkanes of at least 4 members (excludes halogenated alkanes) is 10. The zero-order valence-electron chi connectivity index (χ0n) is 11.6. The van der Waals surface area contributed by atoms with Gasteiger partial charge in [-0.25, -0.2) is 0 Å². The second-order valence-electron chi connectivity index (χ2n) is 4.78. The third-order valence-electron chi connectivity index (χ3n) is 3.08. The lowest BCUT2D eigenvalue weighted by Gasteiger charge is -2.02. The minimum Gasteiger partial charge on any atom is -0.374 e. The van der Waals surface area contributed by atoms with Crippen molar-refractivity contribution in [3.8, 4) is 0 Å². The molecule has 0 saturated carbocycles. The van der Waals surface area contributed by atoms with E-state index in [-0.39, 0.29) is 6.61 Å². The number of carbonyl (C=O) groups is 1. The van der Waals surface area contributed by atoms with Crippen LogP contribution in [0.3, 0.4) is 0 Å². The molecule has 0 aromatic carbocycles. The van der Waals surface area contributed by atoms with Crippen LogP contribution in [0.25, 0.3) is 0 Å². The molecule has 0 bridgehead atoms. The zero-order chi connectivity index (χ0) is 12.6. The summed E-state index contributed by atoms with van der Waals surface area (Å²) in [5, 5.41) is 0. The van der Waals surface area contributed by atoms with Crippen LogP contribution in [0.15, 0.2) is 0 Å². The summed E-state index contributed by atoms with van der Waals surface area (Å²) in [7, 11) is 0. The molecule has 0 radical (unpaired) electrons. The minimum atomic E-state index is 0.262. The number of hydrogen-bond acceptors (Lipinski definition) is 2. The van der Waals surface area contributed by atoms with Crippen molar-refractivity contribution in [1.82, 2.24) is 0 Å². The Morgan fingerprint density at radius 1 is 0.765 bits per heavy atom. The van der Waals surface area contributed by atoms with Crippen LogP contribution in [-0.2, 0) is 9.53 Å². The second kappa shape index (κ2) is 15.6. The molecule has 0 fully saturated rings. The van der Waals surface area contributed by atoms with E-state index in [1.807, 2.05) is 0 Å². The predicted octanol–water partition coefficient (Wildman–Crippen LogP) is 4.51. The lowest BCUT2D eigenvalue weighted by atomic mass is 10.1. The average Bonchev–Trinajstić information content (AvgIpc) is 2.35. The Bertz CT molecular complexity index is 146. The van der Waals surface area contributed by atoms with Crippen molar-refractivity contribution in [2.45, 2.75) is 77.6 Å². The molecule has 0 aliphatic heterocycles. The third kappa shape index (κ3) is 15.6. The van der Waals surface area contributed by atoms with Crippen LogP contribution in [0.5, 0.6) is 0 Å². The highest BCUT2D eigenvalue weighted by Crippen LogP contribution is 2.11. The predicted molar refractivity (Wildman–Crippen MR) is 73.3 cm³/mol. The van der Waals surface area contributed by atoms with Gasteiger partial charge in [0.15, 0.2) is 0 Å². The SMILES string of the molecule is CCCCCCCCCCCCCOCC=O. The first-order valence-electron chi connectivity index (χ1n) is 7.43. The maximum atomic E-state index is 9.98. The van der Waals surface area contributed by atoms with Crippen molar-refractivity contribution in [3.63, 3.8) is 0 Å². The Morgan fingerprint density at radius 2 is 1.24 bits per heavy atom. The summed E-state index contributed by atoms with van der Waals surface area (Å²) >= 11 is 0. The van der Waals surface area contributed by atoms with Crippen LogP contribution >= 0.6 is 0 Å². The molecule has 2 heteroatoms. The molecular weight excluding hydrogens is 212 g/mol. The summed E-state index contributed by atoms with van der Waals surface area (Å²) in [6.45, 7) is 3.27. The Morgan fingerprint density at radius 3 is 1.71 bits per heavy atom. The fraction of sp³-hybridized carbons (Fsp3) is 0.933. The quantitative estimate of drug-likeness (QED) is 0.331. The lowest BCUT2D eigenvalue weighted by Crippen LogP contribution is -1.97. The number of aldehydes is 1. The molecule has 0 amide bonds. The van der Waals surface area contributed by atoms with Crippen LogP contribution < -0.4 is 0 Å². The van der Waals surface area contributed by atoms with E-state index in [0.29, 0.717) is 0 Å². The topological polar surface area (TPSA) is 26.3 Å². The van der Waals surface area contributed by atoms with Gasteiger partial charge < -0.3 is 9.53 Å². The molecule has 0 atom stereocenters. The smallest absolute Gasteiger partial charge is 0.145 e. The third-order valence-corrected chi connectivity index (χ3v) is 3.08. The average molecular weight is 242 g/mol. The fourth-order valence-corrected chi connectivity index (χ4v) is 2.00. The van der Waals surface area contributed by atoms with Crippen LogP contribution in [0, 0.1) is 0 Å². The van der Waals surface area contributed by atoms with Gasteiger partial charge in [-0.15, -0.1) is 0 Å². The molecule has 102 valence electrons. The number of carbonyl (C=O) groups excluding carboxylic acids is 1. The van der Waals surface area contributed by atoms with Crippen LogP contribution in [0.4, 0.5) is 0 Å². The van der Waals surface area contributed by atoms with E-state index in [9.17, 15) is 4.79 Å². The first kappa shape index (κ1) is 16.6. The molecule has 0 heterocycles. The molecule has 0 N–H and O–H groups in total. The van der Waals surface area contributed by atoms with Crippen molar-refractivity contribution in [2.24, 2.45) is 0 Å². The van der Waals surface area contributed by atoms with E-state index in [1.165, 1.54) is 64.2 Å². The summed E-state index contributed by atoms with van der Waals surface area (Å²) in [4.78, 5) is 9.98. The highest BCUT2D eigenvalue weighted by Gasteiger charge is 1.93. The summed E-state index contributed by atoms with van der Waals surface area (Å²) in [6, 6.07) is 0. The molecule has 0 aliphatic rings. The molecule has 17 heavy (non-hydrogen) atoms. The molecule has 0 aromatic rings. The first-order chi connectivity index (χ1) is 8.41. The van der Waals surface area contributed by atoms with Gasteiger partial charge >= 0.3 is 0 Å². The van der Waals surface area contributed by atoms with Gasteiger partial charge in [0.2, 0.25) is 0 Å². The highest BCUT2D eigenvalue weighted by molar-refractivity contribution is 5.50. The lowest BCUT2D eigenvalue weighted by molar-refractivity contribution is -0.111. The van der Waals surface area contributed by atoms with Crippen LogP contribution in [0.2, 0.25) is 0 Å². The van der Waals surface area contributed by atoms with Crippen LogP contribution in [0.1, 0.15) is 77.6 Å². The van der Waals surface area contributed by atoms with E-state index >= 15 is 0 Å². The first-order valence-corrected chi connectivity index (χ1v) is 7.43. The van der Waals surface area contributed by atoms with E-state index in [1.54, 1.807) is 0 Å². The van der Waals surface area contributed by atoms with Gasteiger partial charge in [-0.1, -0.05) is 71.1 Å². The van der Waals surface area contributed by atoms with Crippen molar-refractivity contribution in [3.05, 3.63) is 0 Å². The Hall–Kier alpha value is -0.370. The molecule has 2 nitrogen and oxygen atoms in total. The normalized spacial score (nSPS) is 10.6. The minimum absolute atomic E-state index is 0.262. The largest absolute Gasteiger partial charge is 0.374 e. The summed E-state index contributed by atoms with van der Waals surface area (Å²) < 4.78 is 5.10. The summed E-state index contributed by atoms with van der Waals surface area (Å²) in [5.74, 6) is 0. The van der Waals surface area contributed by atoms with Gasteiger partial charge in [0.1, 0.15) is 12.9 Å². The Labute approximate surface area is 107 Å². The second-order valence-corrected chi connectivity index (χ2v) is 4.78. The van der Waals surface area contributed by atoms with E-state index in [4.69, 9.17) is 4.74 Å². The molecule has 0 aromatic heterocycles. The van der Waals surface area contributed by atoms with Gasteiger partial charge in [-0.05, 0) is 6.42 Å². The molecule has 0 aliphatic carbocycles. The van der Waals surface area contributed by atoms with Crippen molar-refractivity contribution in [1.29, 1.82) is 0 Å². The fourth-order valence-electron chi connectivity index (χ4n) is 2.00. The zero-order valence-corrected chi connectivity index (χ0v) is 11.6. The molecular formula is C15H30O2. The van der Waals surface area contributed by atoms with Gasteiger partial charge in [-0.2, -0.15) is 0 Å². The van der Waals surface area contributed by atoms with Gasteiger partial charge in [0, 0.05) is 6.61 Å². The highest BCUT2D eigenvalue weighted by atomic mass is 16.5. The standard InChI is InChI=1S/C15H30O2/c1-2-3-4-5-6-7-8-9-10-11-12-14-17-15-13-16/h13H,2-12,14-15H2,1H3. The molecule has 0 spiro atoms. The number of rotatable bonds is 14. The van der Waals surface area contributed by atoms with Crippen molar-refractivity contribution in [2.75, 3.05) is 13.2 Å².